The van der Waals surface area contributed by atoms with Gasteiger partial charge in [-0.2, -0.15) is 0 Å². The zero-order valence-electron chi connectivity index (χ0n) is 9.52. The summed E-state index contributed by atoms with van der Waals surface area (Å²) in [6.07, 6.45) is 5.41. The molecule has 17 heavy (non-hydrogen) atoms. The van der Waals surface area contributed by atoms with Crippen LogP contribution in [0.2, 0.25) is 0 Å². The largest absolute Gasteiger partial charge is 0.508 e. The van der Waals surface area contributed by atoms with Gasteiger partial charge in [0.25, 0.3) is 0 Å². The van der Waals surface area contributed by atoms with Gasteiger partial charge in [0.05, 0.1) is 0 Å². The van der Waals surface area contributed by atoms with Crippen molar-refractivity contribution in [2.45, 2.75) is 38.0 Å². The van der Waals surface area contributed by atoms with Crippen LogP contribution in [0.25, 0.3) is 0 Å². The molecule has 0 aromatic heterocycles. The van der Waals surface area contributed by atoms with Gasteiger partial charge < -0.3 is 15.3 Å². The Hall–Kier alpha value is -1.71. The van der Waals surface area contributed by atoms with Crippen LogP contribution in [0.5, 0.6) is 11.5 Å². The Morgan fingerprint density at radius 2 is 1.71 bits per heavy atom. The Labute approximate surface area is 99.5 Å². The van der Waals surface area contributed by atoms with E-state index in [0.717, 1.165) is 31.7 Å². The Kier molecular flexibility index (Phi) is 3.22. The van der Waals surface area contributed by atoms with E-state index in [-0.39, 0.29) is 23.0 Å². The van der Waals surface area contributed by atoms with E-state index in [1.807, 2.05) is 0 Å². The molecule has 1 aliphatic carbocycles. The van der Waals surface area contributed by atoms with Gasteiger partial charge in [-0.3, -0.25) is 0 Å². The Morgan fingerprint density at radius 1 is 1.06 bits per heavy atom. The minimum atomic E-state index is -1.23. The van der Waals surface area contributed by atoms with Gasteiger partial charge in [0.2, 0.25) is 0 Å². The molecule has 4 heteroatoms. The van der Waals surface area contributed by atoms with E-state index in [1.54, 1.807) is 0 Å². The average molecular weight is 236 g/mol. The lowest BCUT2D eigenvalue weighted by Gasteiger charge is -2.23. The fourth-order valence-electron chi connectivity index (χ4n) is 2.50. The first-order valence-electron chi connectivity index (χ1n) is 5.88. The van der Waals surface area contributed by atoms with Crippen LogP contribution in [0.4, 0.5) is 0 Å². The number of phenols is 2. The highest BCUT2D eigenvalue weighted by Crippen LogP contribution is 2.39. The third-order valence-electron chi connectivity index (χ3n) is 3.42. The van der Waals surface area contributed by atoms with Crippen molar-refractivity contribution in [2.24, 2.45) is 0 Å². The number of carboxylic acids is 1. The topological polar surface area (TPSA) is 77.8 Å². The standard InChI is InChI=1S/C13H16O4/c14-11-7-10(13(16)17)12(15)6-9(11)8-4-2-1-3-5-8/h6-8,14-15H,1-5H2,(H,16,17). The first-order chi connectivity index (χ1) is 8.09. The van der Waals surface area contributed by atoms with Crippen LogP contribution in [0, 0.1) is 0 Å². The highest BCUT2D eigenvalue weighted by atomic mass is 16.4. The lowest BCUT2D eigenvalue weighted by molar-refractivity contribution is 0.0693. The van der Waals surface area contributed by atoms with Crippen molar-refractivity contribution in [2.75, 3.05) is 0 Å². The number of carboxylic acid groups (broad SMARTS) is 1. The Bertz CT molecular complexity index is 433. The van der Waals surface area contributed by atoms with Crippen LogP contribution < -0.4 is 0 Å². The first-order valence-corrected chi connectivity index (χ1v) is 5.88. The first kappa shape index (κ1) is 11.8. The molecular weight excluding hydrogens is 220 g/mol. The van der Waals surface area contributed by atoms with Gasteiger partial charge >= 0.3 is 5.97 Å². The van der Waals surface area contributed by atoms with Crippen LogP contribution in [-0.4, -0.2) is 21.3 Å². The van der Waals surface area contributed by atoms with Crippen LogP contribution in [0.1, 0.15) is 53.9 Å². The second-order valence-corrected chi connectivity index (χ2v) is 4.57. The third kappa shape index (κ3) is 2.35. The van der Waals surface area contributed by atoms with E-state index < -0.39 is 5.97 Å². The average Bonchev–Trinajstić information content (AvgIpc) is 2.32. The lowest BCUT2D eigenvalue weighted by atomic mass is 9.83. The molecule has 0 unspecified atom stereocenters. The summed E-state index contributed by atoms with van der Waals surface area (Å²) in [5, 5.41) is 28.3. The van der Waals surface area contributed by atoms with Gasteiger partial charge in [-0.15, -0.1) is 0 Å². The second-order valence-electron chi connectivity index (χ2n) is 4.57. The molecule has 1 aliphatic rings. The molecule has 0 aliphatic heterocycles. The van der Waals surface area contributed by atoms with Crippen LogP contribution >= 0.6 is 0 Å². The molecule has 0 heterocycles. The molecule has 1 fully saturated rings. The highest BCUT2D eigenvalue weighted by molar-refractivity contribution is 5.91. The smallest absolute Gasteiger partial charge is 0.339 e. The maximum atomic E-state index is 10.8. The van der Waals surface area contributed by atoms with Gasteiger partial charge in [0.15, 0.2) is 0 Å². The summed E-state index contributed by atoms with van der Waals surface area (Å²) < 4.78 is 0. The van der Waals surface area contributed by atoms with E-state index in [4.69, 9.17) is 5.11 Å². The van der Waals surface area contributed by atoms with Crippen molar-refractivity contribution >= 4 is 5.97 Å². The monoisotopic (exact) mass is 236 g/mol. The molecule has 0 atom stereocenters. The summed E-state index contributed by atoms with van der Waals surface area (Å²) in [5.74, 6) is -1.28. The minimum absolute atomic E-state index is 0.0212. The SMILES string of the molecule is O=C(O)c1cc(O)c(C2CCCCC2)cc1O. The van der Waals surface area contributed by atoms with Crippen LogP contribution in [0.3, 0.4) is 0 Å². The molecular formula is C13H16O4. The van der Waals surface area contributed by atoms with Crippen molar-refractivity contribution in [3.63, 3.8) is 0 Å². The predicted octanol–water partition coefficient (Wildman–Crippen LogP) is 2.84. The molecule has 0 saturated heterocycles. The summed E-state index contributed by atoms with van der Waals surface area (Å²) >= 11 is 0. The minimum Gasteiger partial charge on any atom is -0.508 e. The number of rotatable bonds is 2. The molecule has 1 saturated carbocycles. The molecule has 1 aromatic rings. The number of phenolic OH excluding ortho intramolecular Hbond substituents is 1. The number of hydrogen-bond acceptors (Lipinski definition) is 3. The summed E-state index contributed by atoms with van der Waals surface area (Å²) in [6.45, 7) is 0. The zero-order chi connectivity index (χ0) is 12.4. The van der Waals surface area contributed by atoms with Gasteiger partial charge in [0, 0.05) is 5.56 Å². The molecule has 1 aromatic carbocycles. The molecule has 92 valence electrons. The summed E-state index contributed by atoms with van der Waals surface area (Å²) in [4.78, 5) is 10.8. The molecule has 0 radical (unpaired) electrons. The van der Waals surface area contributed by atoms with E-state index in [9.17, 15) is 15.0 Å². The Morgan fingerprint density at radius 3 is 2.29 bits per heavy atom. The third-order valence-corrected chi connectivity index (χ3v) is 3.42. The van der Waals surface area contributed by atoms with Gasteiger partial charge in [-0.25, -0.2) is 4.79 Å². The fraction of sp³-hybridized carbons (Fsp3) is 0.462. The van der Waals surface area contributed by atoms with E-state index >= 15 is 0 Å². The molecule has 0 amide bonds. The van der Waals surface area contributed by atoms with Crippen LogP contribution in [0.15, 0.2) is 12.1 Å². The molecule has 4 nitrogen and oxygen atoms in total. The lowest BCUT2D eigenvalue weighted by Crippen LogP contribution is -2.06. The number of aromatic hydroxyl groups is 2. The zero-order valence-corrected chi connectivity index (χ0v) is 9.52. The van der Waals surface area contributed by atoms with Crippen molar-refractivity contribution in [3.8, 4) is 11.5 Å². The summed E-state index contributed by atoms with van der Waals surface area (Å²) in [6, 6.07) is 2.54. The number of hydrogen-bond donors (Lipinski definition) is 3. The maximum absolute atomic E-state index is 10.8. The van der Waals surface area contributed by atoms with Crippen molar-refractivity contribution < 1.29 is 20.1 Å². The summed E-state index contributed by atoms with van der Waals surface area (Å²) in [7, 11) is 0. The number of benzene rings is 1. The molecule has 0 spiro atoms. The van der Waals surface area contributed by atoms with Gasteiger partial charge in [-0.1, -0.05) is 19.3 Å². The fourth-order valence-corrected chi connectivity index (χ4v) is 2.50. The van der Waals surface area contributed by atoms with Crippen molar-refractivity contribution in [3.05, 3.63) is 23.3 Å². The van der Waals surface area contributed by atoms with E-state index in [0.29, 0.717) is 5.56 Å². The quantitative estimate of drug-likeness (QED) is 0.690. The maximum Gasteiger partial charge on any atom is 0.339 e. The molecule has 2 rings (SSSR count). The second kappa shape index (κ2) is 4.65. The van der Waals surface area contributed by atoms with Gasteiger partial charge in [0.1, 0.15) is 17.1 Å². The van der Waals surface area contributed by atoms with E-state index in [2.05, 4.69) is 0 Å². The number of aromatic carboxylic acids is 1. The number of carbonyl (C=O) groups is 1. The van der Waals surface area contributed by atoms with Crippen molar-refractivity contribution in [1.82, 2.24) is 0 Å². The molecule has 3 N–H and O–H groups in total. The summed E-state index contributed by atoms with van der Waals surface area (Å²) in [5.41, 5.74) is 0.425. The Balaban J connectivity index is 2.35. The van der Waals surface area contributed by atoms with Crippen LogP contribution in [-0.2, 0) is 0 Å². The normalized spacial score (nSPS) is 16.9. The predicted molar refractivity (Wildman–Crippen MR) is 62.6 cm³/mol. The molecule has 0 bridgehead atoms. The van der Waals surface area contributed by atoms with Crippen molar-refractivity contribution in [1.29, 1.82) is 0 Å². The van der Waals surface area contributed by atoms with Gasteiger partial charge in [-0.05, 0) is 30.9 Å². The highest BCUT2D eigenvalue weighted by Gasteiger charge is 2.21. The van der Waals surface area contributed by atoms with E-state index in [1.165, 1.54) is 12.5 Å².